The quantitative estimate of drug-likeness (QED) is 0.162. The number of halogens is 3. The largest absolute Gasteiger partial charge is 0.497 e. The Hall–Kier alpha value is -3.76. The molecule has 0 saturated carbocycles. The van der Waals surface area contributed by atoms with Gasteiger partial charge in [0.1, 0.15) is 18.3 Å². The number of sulfonamides is 1. The molecule has 46 heavy (non-hydrogen) atoms. The number of carbonyl (C=O) groups excluding carboxylic acids is 2. The highest BCUT2D eigenvalue weighted by molar-refractivity contribution is 7.92. The number of amides is 2. The number of benzene rings is 4. The predicted octanol–water partition coefficient (Wildman–Crippen LogP) is 7.02. The van der Waals surface area contributed by atoms with E-state index < -0.39 is 34.4 Å². The summed E-state index contributed by atoms with van der Waals surface area (Å²) in [6.45, 7) is 2.93. The lowest BCUT2D eigenvalue weighted by molar-refractivity contribution is -0.140. The van der Waals surface area contributed by atoms with Gasteiger partial charge in [-0.15, -0.1) is 0 Å². The highest BCUT2D eigenvalue weighted by Gasteiger charge is 2.35. The minimum Gasteiger partial charge on any atom is -0.497 e. The lowest BCUT2D eigenvalue weighted by Crippen LogP contribution is -2.54. The van der Waals surface area contributed by atoms with Crippen molar-refractivity contribution >= 4 is 62.3 Å². The van der Waals surface area contributed by atoms with Crippen molar-refractivity contribution in [2.45, 2.75) is 43.8 Å². The SMILES string of the molecule is COc1ccc(S(=O)(=O)N(CC(=O)N(Cc2ccc(Cl)cc2Cl)[C@@H](Cc2ccccc2)C(=O)NC(C)C)c2ccc(Cl)cc2)cc1. The van der Waals surface area contributed by atoms with Crippen LogP contribution in [-0.4, -0.2) is 50.9 Å². The molecule has 0 aliphatic carbocycles. The van der Waals surface area contributed by atoms with Gasteiger partial charge in [-0.25, -0.2) is 8.42 Å². The molecule has 0 spiro atoms. The van der Waals surface area contributed by atoms with E-state index in [1.54, 1.807) is 18.2 Å². The van der Waals surface area contributed by atoms with E-state index in [0.29, 0.717) is 26.4 Å². The van der Waals surface area contributed by atoms with Crippen molar-refractivity contribution in [3.63, 3.8) is 0 Å². The summed E-state index contributed by atoms with van der Waals surface area (Å²) in [4.78, 5) is 29.6. The average Bonchev–Trinajstić information content (AvgIpc) is 3.03. The molecular formula is C34H34Cl3N3O5S. The maximum atomic E-state index is 14.5. The summed E-state index contributed by atoms with van der Waals surface area (Å²) in [5.41, 5.74) is 1.56. The van der Waals surface area contributed by atoms with Crippen LogP contribution in [0, 0.1) is 0 Å². The minimum absolute atomic E-state index is 0.0540. The molecule has 0 aliphatic rings. The van der Waals surface area contributed by atoms with Gasteiger partial charge in [0.25, 0.3) is 10.0 Å². The van der Waals surface area contributed by atoms with Gasteiger partial charge in [-0.3, -0.25) is 13.9 Å². The van der Waals surface area contributed by atoms with Gasteiger partial charge in [0.15, 0.2) is 0 Å². The molecule has 1 N–H and O–H groups in total. The zero-order valence-electron chi connectivity index (χ0n) is 25.5. The molecule has 0 saturated heterocycles. The van der Waals surface area contributed by atoms with Crippen LogP contribution in [0.15, 0.2) is 102 Å². The summed E-state index contributed by atoms with van der Waals surface area (Å²) in [6.07, 6.45) is 0.169. The third kappa shape index (κ3) is 8.94. The molecule has 0 bridgehead atoms. The Morgan fingerprint density at radius 2 is 1.48 bits per heavy atom. The number of ether oxygens (including phenoxy) is 1. The van der Waals surface area contributed by atoms with Gasteiger partial charge in [0.2, 0.25) is 11.8 Å². The fourth-order valence-corrected chi connectivity index (χ4v) is 6.79. The van der Waals surface area contributed by atoms with Crippen LogP contribution in [0.2, 0.25) is 15.1 Å². The van der Waals surface area contributed by atoms with Crippen LogP contribution < -0.4 is 14.4 Å². The second-order valence-corrected chi connectivity index (χ2v) is 13.9. The van der Waals surface area contributed by atoms with E-state index in [1.807, 2.05) is 44.2 Å². The van der Waals surface area contributed by atoms with Gasteiger partial charge in [0, 0.05) is 34.1 Å². The molecule has 1 atom stereocenters. The number of nitrogens with one attached hydrogen (secondary N) is 1. The lowest BCUT2D eigenvalue weighted by Gasteiger charge is -2.34. The summed E-state index contributed by atoms with van der Waals surface area (Å²) in [7, 11) is -2.81. The first-order chi connectivity index (χ1) is 21.9. The van der Waals surface area contributed by atoms with E-state index in [-0.39, 0.29) is 29.6 Å². The maximum Gasteiger partial charge on any atom is 0.264 e. The summed E-state index contributed by atoms with van der Waals surface area (Å²) < 4.78 is 34.5. The molecule has 0 aliphatic heterocycles. The van der Waals surface area contributed by atoms with E-state index in [0.717, 1.165) is 9.87 Å². The Bertz CT molecular complexity index is 1750. The molecule has 0 fully saturated rings. The van der Waals surface area contributed by atoms with E-state index in [9.17, 15) is 18.0 Å². The molecule has 2 amide bonds. The monoisotopic (exact) mass is 701 g/mol. The summed E-state index contributed by atoms with van der Waals surface area (Å²) >= 11 is 18.8. The van der Waals surface area contributed by atoms with Crippen LogP contribution in [0.1, 0.15) is 25.0 Å². The highest BCUT2D eigenvalue weighted by atomic mass is 35.5. The predicted molar refractivity (Wildman–Crippen MR) is 183 cm³/mol. The van der Waals surface area contributed by atoms with Gasteiger partial charge in [-0.1, -0.05) is 71.2 Å². The third-order valence-electron chi connectivity index (χ3n) is 7.10. The Morgan fingerprint density at radius 3 is 2.07 bits per heavy atom. The Labute approximate surface area is 284 Å². The van der Waals surface area contributed by atoms with Gasteiger partial charge in [-0.05, 0) is 85.6 Å². The second-order valence-electron chi connectivity index (χ2n) is 10.8. The zero-order chi connectivity index (χ0) is 33.4. The molecule has 0 radical (unpaired) electrons. The summed E-state index contributed by atoms with van der Waals surface area (Å²) in [5, 5.41) is 4.02. The Balaban J connectivity index is 1.82. The number of hydrogen-bond donors (Lipinski definition) is 1. The molecule has 242 valence electrons. The lowest BCUT2D eigenvalue weighted by atomic mass is 10.0. The van der Waals surface area contributed by atoms with Gasteiger partial charge >= 0.3 is 0 Å². The first-order valence-electron chi connectivity index (χ1n) is 14.4. The first-order valence-corrected chi connectivity index (χ1v) is 17.0. The van der Waals surface area contributed by atoms with E-state index in [1.165, 1.54) is 60.5 Å². The normalized spacial score (nSPS) is 12.0. The second kappa shape index (κ2) is 15.7. The number of nitrogens with zero attached hydrogens (tertiary/aromatic N) is 2. The average molecular weight is 703 g/mol. The van der Waals surface area contributed by atoms with Crippen molar-refractivity contribution < 1.29 is 22.7 Å². The van der Waals surface area contributed by atoms with Crippen LogP contribution in [0.4, 0.5) is 5.69 Å². The highest BCUT2D eigenvalue weighted by Crippen LogP contribution is 2.28. The number of carbonyl (C=O) groups is 2. The van der Waals surface area contributed by atoms with E-state index in [2.05, 4.69) is 5.32 Å². The van der Waals surface area contributed by atoms with Crippen LogP contribution >= 0.6 is 34.8 Å². The molecule has 0 aromatic heterocycles. The van der Waals surface area contributed by atoms with Crippen LogP contribution in [0.25, 0.3) is 0 Å². The standard InChI is InChI=1S/C34H34Cl3N3O5S/c1-23(2)38-34(42)32(19-24-7-5-4-6-8-24)39(21-25-9-10-27(36)20-31(25)37)33(41)22-40(28-13-11-26(35)12-14-28)46(43,44)30-17-15-29(45-3)16-18-30/h4-18,20,23,32H,19,21-22H2,1-3H3,(H,38,42)/t32-/m0/s1. The molecule has 4 aromatic rings. The number of rotatable bonds is 13. The topological polar surface area (TPSA) is 96.0 Å². The minimum atomic E-state index is -4.29. The third-order valence-corrected chi connectivity index (χ3v) is 9.73. The number of hydrogen-bond acceptors (Lipinski definition) is 5. The van der Waals surface area contributed by atoms with E-state index >= 15 is 0 Å². The van der Waals surface area contributed by atoms with Crippen molar-refractivity contribution in [1.82, 2.24) is 10.2 Å². The van der Waals surface area contributed by atoms with Crippen molar-refractivity contribution in [1.29, 1.82) is 0 Å². The first kappa shape index (κ1) is 35.1. The Morgan fingerprint density at radius 1 is 0.848 bits per heavy atom. The molecule has 0 heterocycles. The molecule has 0 unspecified atom stereocenters. The fourth-order valence-electron chi connectivity index (χ4n) is 4.78. The van der Waals surface area contributed by atoms with Crippen molar-refractivity contribution in [2.75, 3.05) is 18.0 Å². The van der Waals surface area contributed by atoms with Crippen molar-refractivity contribution in [2.24, 2.45) is 0 Å². The summed E-state index contributed by atoms with van der Waals surface area (Å²) in [6, 6.07) is 24.9. The number of methoxy groups -OCH3 is 1. The van der Waals surface area contributed by atoms with Gasteiger partial charge < -0.3 is 15.0 Å². The number of anilines is 1. The Kier molecular flexibility index (Phi) is 12.0. The molecule has 8 nitrogen and oxygen atoms in total. The van der Waals surface area contributed by atoms with Crippen molar-refractivity contribution in [3.05, 3.63) is 123 Å². The molecule has 4 aromatic carbocycles. The van der Waals surface area contributed by atoms with Gasteiger partial charge in [0.05, 0.1) is 17.7 Å². The van der Waals surface area contributed by atoms with Crippen LogP contribution in [0.5, 0.6) is 5.75 Å². The summed E-state index contributed by atoms with van der Waals surface area (Å²) in [5.74, 6) is -0.551. The van der Waals surface area contributed by atoms with Crippen LogP contribution in [-0.2, 0) is 32.6 Å². The fraction of sp³-hybridized carbons (Fsp3) is 0.235. The zero-order valence-corrected chi connectivity index (χ0v) is 28.6. The maximum absolute atomic E-state index is 14.5. The molecule has 4 rings (SSSR count). The van der Waals surface area contributed by atoms with Crippen molar-refractivity contribution in [3.8, 4) is 5.75 Å². The smallest absolute Gasteiger partial charge is 0.264 e. The van der Waals surface area contributed by atoms with Gasteiger partial charge in [-0.2, -0.15) is 0 Å². The molecular weight excluding hydrogens is 669 g/mol. The van der Waals surface area contributed by atoms with E-state index in [4.69, 9.17) is 39.5 Å². The van der Waals surface area contributed by atoms with Crippen LogP contribution in [0.3, 0.4) is 0 Å². The molecule has 12 heteroatoms.